The van der Waals surface area contributed by atoms with E-state index < -0.39 is 5.91 Å². The Hall–Kier alpha value is -3.04. The molecule has 0 unspecified atom stereocenters. The number of rotatable bonds is 5. The first-order chi connectivity index (χ1) is 11.6. The molecule has 0 bridgehead atoms. The molecule has 0 saturated heterocycles. The molecule has 0 aliphatic carbocycles. The van der Waals surface area contributed by atoms with Gasteiger partial charge < -0.3 is 21.4 Å². The zero-order valence-electron chi connectivity index (χ0n) is 12.5. The van der Waals surface area contributed by atoms with E-state index in [-0.39, 0.29) is 18.1 Å². The molecule has 0 spiro atoms. The molecule has 3 rings (SSSR count). The number of aromatic nitrogens is 3. The van der Waals surface area contributed by atoms with Crippen molar-refractivity contribution >= 4 is 28.8 Å². The molecule has 1 aromatic carbocycles. The molecular weight excluding hydrogens is 328 g/mol. The lowest BCUT2D eigenvalue weighted by Crippen LogP contribution is -2.16. The number of carbonyl (C=O) groups excluding carboxylic acids is 2. The van der Waals surface area contributed by atoms with Gasteiger partial charge >= 0.3 is 0 Å². The van der Waals surface area contributed by atoms with Crippen LogP contribution in [0.2, 0.25) is 0 Å². The lowest BCUT2D eigenvalue weighted by atomic mass is 10.1. The average molecular weight is 342 g/mol. The number of amides is 2. The SMILES string of the molecule is NCc1nc(C(=O)Nc2ccc(C(N)=O)cc2-n2ccnc2)cs1. The highest BCUT2D eigenvalue weighted by molar-refractivity contribution is 7.09. The number of benzene rings is 1. The molecule has 24 heavy (non-hydrogen) atoms. The number of hydrogen-bond donors (Lipinski definition) is 3. The second-order valence-corrected chi connectivity index (χ2v) is 5.79. The van der Waals surface area contributed by atoms with E-state index in [1.807, 2.05) is 0 Å². The Balaban J connectivity index is 1.95. The van der Waals surface area contributed by atoms with Crippen LogP contribution in [-0.4, -0.2) is 26.3 Å². The smallest absolute Gasteiger partial charge is 0.275 e. The monoisotopic (exact) mass is 342 g/mol. The molecule has 0 radical (unpaired) electrons. The molecule has 0 saturated carbocycles. The number of carbonyl (C=O) groups is 2. The minimum absolute atomic E-state index is 0.283. The molecule has 8 nitrogen and oxygen atoms in total. The second kappa shape index (κ2) is 6.60. The van der Waals surface area contributed by atoms with E-state index in [4.69, 9.17) is 11.5 Å². The number of imidazole rings is 1. The Morgan fingerprint density at radius 3 is 2.79 bits per heavy atom. The van der Waals surface area contributed by atoms with Crippen molar-refractivity contribution in [3.8, 4) is 5.69 Å². The summed E-state index contributed by atoms with van der Waals surface area (Å²) in [7, 11) is 0. The van der Waals surface area contributed by atoms with Crippen molar-refractivity contribution in [2.75, 3.05) is 5.32 Å². The van der Waals surface area contributed by atoms with Crippen molar-refractivity contribution in [2.24, 2.45) is 11.5 Å². The van der Waals surface area contributed by atoms with Crippen LogP contribution in [0.3, 0.4) is 0 Å². The van der Waals surface area contributed by atoms with Gasteiger partial charge in [0, 0.05) is 29.9 Å². The Labute approximate surface area is 141 Å². The van der Waals surface area contributed by atoms with Crippen LogP contribution in [0.1, 0.15) is 25.9 Å². The van der Waals surface area contributed by atoms with E-state index in [0.29, 0.717) is 21.9 Å². The van der Waals surface area contributed by atoms with Gasteiger partial charge in [0.2, 0.25) is 5.91 Å². The Morgan fingerprint density at radius 1 is 1.33 bits per heavy atom. The number of nitrogens with one attached hydrogen (secondary N) is 1. The Kier molecular flexibility index (Phi) is 4.36. The van der Waals surface area contributed by atoms with E-state index in [1.54, 1.807) is 46.9 Å². The zero-order valence-corrected chi connectivity index (χ0v) is 13.3. The van der Waals surface area contributed by atoms with Gasteiger partial charge in [-0.1, -0.05) is 0 Å². The summed E-state index contributed by atoms with van der Waals surface area (Å²) in [6.45, 7) is 0.283. The first kappa shape index (κ1) is 15.8. The third kappa shape index (κ3) is 3.16. The molecule has 2 aromatic heterocycles. The van der Waals surface area contributed by atoms with Crippen LogP contribution in [0, 0.1) is 0 Å². The minimum Gasteiger partial charge on any atom is -0.366 e. The Morgan fingerprint density at radius 2 is 2.17 bits per heavy atom. The van der Waals surface area contributed by atoms with Crippen molar-refractivity contribution in [2.45, 2.75) is 6.54 Å². The van der Waals surface area contributed by atoms with Crippen LogP contribution in [0.5, 0.6) is 0 Å². The van der Waals surface area contributed by atoms with Gasteiger partial charge in [0.05, 0.1) is 17.7 Å². The van der Waals surface area contributed by atoms with Gasteiger partial charge in [0.15, 0.2) is 0 Å². The van der Waals surface area contributed by atoms with Gasteiger partial charge in [0.1, 0.15) is 10.7 Å². The summed E-state index contributed by atoms with van der Waals surface area (Å²) in [5, 5.41) is 5.11. The van der Waals surface area contributed by atoms with Crippen molar-refractivity contribution < 1.29 is 9.59 Å². The van der Waals surface area contributed by atoms with Crippen LogP contribution in [-0.2, 0) is 6.54 Å². The van der Waals surface area contributed by atoms with E-state index in [0.717, 1.165) is 0 Å². The Bertz CT molecular complexity index is 887. The lowest BCUT2D eigenvalue weighted by Gasteiger charge is -2.12. The molecule has 3 aromatic rings. The maximum Gasteiger partial charge on any atom is 0.275 e. The summed E-state index contributed by atoms with van der Waals surface area (Å²) in [6, 6.07) is 4.75. The van der Waals surface area contributed by atoms with Crippen molar-refractivity contribution in [3.63, 3.8) is 0 Å². The number of hydrogen-bond acceptors (Lipinski definition) is 6. The maximum absolute atomic E-state index is 12.4. The van der Waals surface area contributed by atoms with Gasteiger partial charge in [-0.05, 0) is 18.2 Å². The molecule has 0 fully saturated rings. The summed E-state index contributed by atoms with van der Waals surface area (Å²) in [5.41, 5.74) is 12.5. The summed E-state index contributed by atoms with van der Waals surface area (Å²) in [4.78, 5) is 31.9. The fourth-order valence-electron chi connectivity index (χ4n) is 2.10. The first-order valence-electron chi connectivity index (χ1n) is 6.96. The van der Waals surface area contributed by atoms with E-state index in [9.17, 15) is 9.59 Å². The standard InChI is InChI=1S/C15H14N6O2S/c16-6-13-19-11(7-24-13)15(23)20-10-2-1-9(14(17)22)5-12(10)21-4-3-18-8-21/h1-5,7-8H,6,16H2,(H2,17,22)(H,20,23). The van der Waals surface area contributed by atoms with Crippen LogP contribution in [0.4, 0.5) is 5.69 Å². The predicted octanol–water partition coefficient (Wildman–Crippen LogP) is 1.14. The summed E-state index contributed by atoms with van der Waals surface area (Å²) >= 11 is 1.32. The number of nitrogens with zero attached hydrogens (tertiary/aromatic N) is 3. The van der Waals surface area contributed by atoms with E-state index in [2.05, 4.69) is 15.3 Å². The van der Waals surface area contributed by atoms with Crippen molar-refractivity contribution in [1.82, 2.24) is 14.5 Å². The predicted molar refractivity (Wildman–Crippen MR) is 90.0 cm³/mol. The number of primary amides is 1. The van der Waals surface area contributed by atoms with Crippen LogP contribution in [0.15, 0.2) is 42.3 Å². The second-order valence-electron chi connectivity index (χ2n) is 4.85. The molecule has 2 heterocycles. The molecule has 2 amide bonds. The average Bonchev–Trinajstić information content (AvgIpc) is 3.26. The van der Waals surface area contributed by atoms with Crippen LogP contribution in [0.25, 0.3) is 5.69 Å². The zero-order chi connectivity index (χ0) is 17.1. The molecule has 0 atom stereocenters. The third-order valence-electron chi connectivity index (χ3n) is 3.27. The highest BCUT2D eigenvalue weighted by atomic mass is 32.1. The maximum atomic E-state index is 12.4. The molecule has 0 aliphatic heterocycles. The van der Waals surface area contributed by atoms with Gasteiger partial charge in [-0.25, -0.2) is 9.97 Å². The van der Waals surface area contributed by atoms with Crippen molar-refractivity contribution in [1.29, 1.82) is 0 Å². The van der Waals surface area contributed by atoms with Gasteiger partial charge in [0.25, 0.3) is 5.91 Å². The van der Waals surface area contributed by atoms with Gasteiger partial charge in [-0.15, -0.1) is 11.3 Å². The van der Waals surface area contributed by atoms with Gasteiger partial charge in [-0.2, -0.15) is 0 Å². The largest absolute Gasteiger partial charge is 0.366 e. The van der Waals surface area contributed by atoms with Crippen LogP contribution >= 0.6 is 11.3 Å². The highest BCUT2D eigenvalue weighted by Crippen LogP contribution is 2.23. The number of nitrogens with two attached hydrogens (primary N) is 2. The topological polar surface area (TPSA) is 129 Å². The third-order valence-corrected chi connectivity index (χ3v) is 4.14. The fourth-order valence-corrected chi connectivity index (χ4v) is 2.76. The van der Waals surface area contributed by atoms with Gasteiger partial charge in [-0.3, -0.25) is 9.59 Å². The summed E-state index contributed by atoms with van der Waals surface area (Å²) in [5.74, 6) is -0.916. The molecule has 5 N–H and O–H groups in total. The molecular formula is C15H14N6O2S. The first-order valence-corrected chi connectivity index (χ1v) is 7.84. The van der Waals surface area contributed by atoms with E-state index in [1.165, 1.54) is 11.3 Å². The number of thiazole rings is 1. The normalized spacial score (nSPS) is 10.5. The van der Waals surface area contributed by atoms with Crippen molar-refractivity contribution in [3.05, 3.63) is 58.6 Å². The molecule has 0 aliphatic rings. The quantitative estimate of drug-likeness (QED) is 0.640. The van der Waals surface area contributed by atoms with Crippen LogP contribution < -0.4 is 16.8 Å². The van der Waals surface area contributed by atoms with E-state index >= 15 is 0 Å². The highest BCUT2D eigenvalue weighted by Gasteiger charge is 2.15. The summed E-state index contributed by atoms with van der Waals surface area (Å²) in [6.07, 6.45) is 4.85. The number of anilines is 1. The molecule has 9 heteroatoms. The lowest BCUT2D eigenvalue weighted by molar-refractivity contribution is 0.0998. The summed E-state index contributed by atoms with van der Waals surface area (Å²) < 4.78 is 1.68. The molecule has 122 valence electrons. The fraction of sp³-hybridized carbons (Fsp3) is 0.0667. The minimum atomic E-state index is -0.554.